The van der Waals surface area contributed by atoms with Crippen LogP contribution in [0.2, 0.25) is 0 Å². The average molecular weight is 414 g/mol. The van der Waals surface area contributed by atoms with Crippen molar-refractivity contribution in [3.8, 4) is 0 Å². The summed E-state index contributed by atoms with van der Waals surface area (Å²) in [6.45, 7) is 4.97. The van der Waals surface area contributed by atoms with Crippen molar-refractivity contribution in [2.75, 3.05) is 0 Å². The highest BCUT2D eigenvalue weighted by molar-refractivity contribution is 7.88. The van der Waals surface area contributed by atoms with Crippen LogP contribution in [0.1, 0.15) is 39.2 Å². The molecule has 9 heteroatoms. The summed E-state index contributed by atoms with van der Waals surface area (Å²) in [5.41, 5.74) is -0.233. The van der Waals surface area contributed by atoms with E-state index in [1.807, 2.05) is 17.5 Å². The summed E-state index contributed by atoms with van der Waals surface area (Å²) in [7, 11) is -3.87. The van der Waals surface area contributed by atoms with E-state index in [2.05, 4.69) is 4.72 Å². The minimum Gasteiger partial charge on any atom is -0.481 e. The molecule has 2 N–H and O–H groups in total. The molecule has 0 amide bonds. The first-order chi connectivity index (χ1) is 12.5. The Morgan fingerprint density at radius 1 is 1.26 bits per heavy atom. The number of esters is 1. The maximum atomic E-state index is 12.5. The summed E-state index contributed by atoms with van der Waals surface area (Å²) in [6, 6.07) is 6.00. The molecular formula is C18H23NO6S2. The Morgan fingerprint density at radius 3 is 2.59 bits per heavy atom. The largest absolute Gasteiger partial charge is 0.481 e. The van der Waals surface area contributed by atoms with E-state index in [1.165, 1.54) is 0 Å². The standard InChI is InChI=1S/C18H23NO6S2/c1-18(2,3)25-17(22)14(5-7-16(20)21)19-27(23,24)11-12-4-6-15-13(10-12)8-9-26-15/h4,6,8-10,14,19H,5,7,11H2,1-3H3,(H,20,21)/t14-/m1/s1. The first-order valence-electron chi connectivity index (χ1n) is 8.36. The molecule has 0 saturated carbocycles. The fourth-order valence-electron chi connectivity index (χ4n) is 2.45. The van der Waals surface area contributed by atoms with Crippen molar-refractivity contribution >= 4 is 43.4 Å². The van der Waals surface area contributed by atoms with E-state index in [-0.39, 0.29) is 18.6 Å². The zero-order valence-electron chi connectivity index (χ0n) is 15.4. The fourth-order valence-corrected chi connectivity index (χ4v) is 4.57. The number of ether oxygens (including phenoxy) is 1. The van der Waals surface area contributed by atoms with Crippen LogP contribution in [0, 0.1) is 0 Å². The summed E-state index contributed by atoms with van der Waals surface area (Å²) in [5.74, 6) is -2.23. The molecule has 1 aromatic carbocycles. The highest BCUT2D eigenvalue weighted by atomic mass is 32.2. The van der Waals surface area contributed by atoms with Crippen LogP contribution in [-0.4, -0.2) is 37.1 Å². The van der Waals surface area contributed by atoms with E-state index in [0.717, 1.165) is 10.1 Å². The number of hydrogen-bond donors (Lipinski definition) is 2. The van der Waals surface area contributed by atoms with Crippen molar-refractivity contribution in [3.63, 3.8) is 0 Å². The number of benzene rings is 1. The number of rotatable bonds is 8. The zero-order valence-corrected chi connectivity index (χ0v) is 17.0. The highest BCUT2D eigenvalue weighted by Crippen LogP contribution is 2.22. The quantitative estimate of drug-likeness (QED) is 0.644. The van der Waals surface area contributed by atoms with E-state index >= 15 is 0 Å². The topological polar surface area (TPSA) is 110 Å². The minimum absolute atomic E-state index is 0.187. The Labute approximate surface area is 162 Å². The number of carboxylic acids is 1. The van der Waals surface area contributed by atoms with Gasteiger partial charge in [-0.1, -0.05) is 6.07 Å². The van der Waals surface area contributed by atoms with Crippen LogP contribution in [0.5, 0.6) is 0 Å². The van der Waals surface area contributed by atoms with Gasteiger partial charge in [-0.05, 0) is 61.7 Å². The number of fused-ring (bicyclic) bond motifs is 1. The molecule has 0 unspecified atom stereocenters. The third kappa shape index (κ3) is 6.93. The summed E-state index contributed by atoms with van der Waals surface area (Å²) in [6.07, 6.45) is -0.541. The van der Waals surface area contributed by atoms with Gasteiger partial charge in [-0.15, -0.1) is 11.3 Å². The molecule has 1 heterocycles. The van der Waals surface area contributed by atoms with Gasteiger partial charge < -0.3 is 9.84 Å². The predicted octanol–water partition coefficient (Wildman–Crippen LogP) is 2.90. The van der Waals surface area contributed by atoms with Crippen molar-refractivity contribution in [1.29, 1.82) is 0 Å². The second kappa shape index (κ2) is 8.37. The van der Waals surface area contributed by atoms with Crippen LogP contribution >= 0.6 is 11.3 Å². The smallest absolute Gasteiger partial charge is 0.324 e. The normalized spacial score (nSPS) is 13.4. The summed E-state index contributed by atoms with van der Waals surface area (Å²) in [5, 5.41) is 11.7. The molecule has 148 valence electrons. The molecule has 2 aromatic rings. The summed E-state index contributed by atoms with van der Waals surface area (Å²) < 4.78 is 33.6. The van der Waals surface area contributed by atoms with Crippen molar-refractivity contribution < 1.29 is 27.9 Å². The Kier molecular flexibility index (Phi) is 6.61. The first kappa shape index (κ1) is 21.3. The molecule has 0 saturated heterocycles. The van der Waals surface area contributed by atoms with Crippen LogP contribution in [-0.2, 0) is 30.1 Å². The third-order valence-electron chi connectivity index (χ3n) is 3.53. The number of nitrogens with one attached hydrogen (secondary N) is 1. The van der Waals surface area contributed by atoms with Gasteiger partial charge in [0.15, 0.2) is 0 Å². The number of carbonyl (C=O) groups excluding carboxylic acids is 1. The molecule has 0 aliphatic heterocycles. The summed E-state index contributed by atoms with van der Waals surface area (Å²) in [4.78, 5) is 23.1. The Balaban J connectivity index is 2.14. The van der Waals surface area contributed by atoms with Gasteiger partial charge in [-0.25, -0.2) is 13.1 Å². The SMILES string of the molecule is CC(C)(C)OC(=O)[C@@H](CCC(=O)O)NS(=O)(=O)Cc1ccc2sccc2c1. The number of hydrogen-bond acceptors (Lipinski definition) is 6. The second-order valence-electron chi connectivity index (χ2n) is 7.19. The van der Waals surface area contributed by atoms with Gasteiger partial charge in [-0.2, -0.15) is 0 Å². The van der Waals surface area contributed by atoms with E-state index in [0.29, 0.717) is 5.56 Å². The monoisotopic (exact) mass is 413 g/mol. The lowest BCUT2D eigenvalue weighted by Gasteiger charge is -2.24. The van der Waals surface area contributed by atoms with E-state index in [4.69, 9.17) is 9.84 Å². The number of carboxylic acid groups (broad SMARTS) is 1. The van der Waals surface area contributed by atoms with E-state index in [9.17, 15) is 18.0 Å². The number of aliphatic carboxylic acids is 1. The molecule has 27 heavy (non-hydrogen) atoms. The maximum absolute atomic E-state index is 12.5. The van der Waals surface area contributed by atoms with Gasteiger partial charge in [-0.3, -0.25) is 9.59 Å². The number of thiophene rings is 1. The van der Waals surface area contributed by atoms with Crippen molar-refractivity contribution in [2.45, 2.75) is 51.0 Å². The fraction of sp³-hybridized carbons (Fsp3) is 0.444. The lowest BCUT2D eigenvalue weighted by Crippen LogP contribution is -2.44. The molecule has 0 fully saturated rings. The van der Waals surface area contributed by atoms with Gasteiger partial charge >= 0.3 is 11.9 Å². The maximum Gasteiger partial charge on any atom is 0.324 e. The van der Waals surface area contributed by atoms with Gasteiger partial charge in [0.1, 0.15) is 11.6 Å². The molecule has 7 nitrogen and oxygen atoms in total. The van der Waals surface area contributed by atoms with Crippen LogP contribution in [0.15, 0.2) is 29.6 Å². The van der Waals surface area contributed by atoms with Crippen molar-refractivity contribution in [2.24, 2.45) is 0 Å². The van der Waals surface area contributed by atoms with E-state index in [1.54, 1.807) is 44.2 Å². The second-order valence-corrected chi connectivity index (χ2v) is 9.89. The molecule has 1 aromatic heterocycles. The Hall–Kier alpha value is -1.97. The van der Waals surface area contributed by atoms with Crippen molar-refractivity contribution in [3.05, 3.63) is 35.2 Å². The number of carbonyl (C=O) groups is 2. The lowest BCUT2D eigenvalue weighted by atomic mass is 10.1. The molecule has 0 aliphatic carbocycles. The molecule has 0 aliphatic rings. The molecule has 0 bridgehead atoms. The number of sulfonamides is 1. The zero-order chi connectivity index (χ0) is 20.2. The molecule has 1 atom stereocenters. The van der Waals surface area contributed by atoms with Gasteiger partial charge in [0.25, 0.3) is 0 Å². The third-order valence-corrected chi connectivity index (χ3v) is 5.79. The lowest BCUT2D eigenvalue weighted by molar-refractivity contribution is -0.157. The molecule has 0 spiro atoms. The van der Waals surface area contributed by atoms with Gasteiger partial charge in [0.2, 0.25) is 10.0 Å². The van der Waals surface area contributed by atoms with E-state index < -0.39 is 33.6 Å². The van der Waals surface area contributed by atoms with Crippen LogP contribution < -0.4 is 4.72 Å². The van der Waals surface area contributed by atoms with Crippen LogP contribution in [0.4, 0.5) is 0 Å². The highest BCUT2D eigenvalue weighted by Gasteiger charge is 2.29. The Bertz CT molecular complexity index is 927. The summed E-state index contributed by atoms with van der Waals surface area (Å²) >= 11 is 1.56. The molecule has 0 radical (unpaired) electrons. The first-order valence-corrected chi connectivity index (χ1v) is 10.9. The average Bonchev–Trinajstić information content (AvgIpc) is 2.96. The predicted molar refractivity (Wildman–Crippen MR) is 104 cm³/mol. The molecular weight excluding hydrogens is 390 g/mol. The van der Waals surface area contributed by atoms with Crippen molar-refractivity contribution in [1.82, 2.24) is 4.72 Å². The molecule has 2 rings (SSSR count). The van der Waals surface area contributed by atoms with Crippen LogP contribution in [0.25, 0.3) is 10.1 Å². The van der Waals surface area contributed by atoms with Crippen LogP contribution in [0.3, 0.4) is 0 Å². The minimum atomic E-state index is -3.87. The Morgan fingerprint density at radius 2 is 1.96 bits per heavy atom. The van der Waals surface area contributed by atoms with Gasteiger partial charge in [0, 0.05) is 11.1 Å². The van der Waals surface area contributed by atoms with Gasteiger partial charge in [0.05, 0.1) is 5.75 Å².